The molecule has 1 fully saturated rings. The minimum Gasteiger partial charge on any atom is -0.336 e. The van der Waals surface area contributed by atoms with E-state index in [1.165, 1.54) is 22.4 Å². The highest BCUT2D eigenvalue weighted by molar-refractivity contribution is 7.18. The van der Waals surface area contributed by atoms with Crippen molar-refractivity contribution in [3.8, 4) is 0 Å². The Kier molecular flexibility index (Phi) is 6.42. The Morgan fingerprint density at radius 3 is 2.53 bits per heavy atom. The molecule has 6 rings (SSSR count). The number of aryl methyl sites for hydroxylation is 2. The van der Waals surface area contributed by atoms with Gasteiger partial charge in [0, 0.05) is 36.6 Å². The fraction of sp³-hybridized carbons (Fsp3) is 0.345. The lowest BCUT2D eigenvalue weighted by molar-refractivity contribution is 0.0624. The van der Waals surface area contributed by atoms with E-state index >= 15 is 0 Å². The number of carbonyl (C=O) groups is 1. The number of benzene rings is 2. The lowest BCUT2D eigenvalue weighted by atomic mass is 9.97. The number of carbonyl (C=O) groups excluding carboxylic acids is 1. The number of thiophene rings is 1. The van der Waals surface area contributed by atoms with Gasteiger partial charge in [0.1, 0.15) is 10.7 Å². The van der Waals surface area contributed by atoms with Gasteiger partial charge in [0.05, 0.1) is 11.9 Å². The average Bonchev–Trinajstić information content (AvgIpc) is 3.29. The summed E-state index contributed by atoms with van der Waals surface area (Å²) in [6.45, 7) is 3.45. The van der Waals surface area contributed by atoms with Crippen molar-refractivity contribution in [2.24, 2.45) is 0 Å². The summed E-state index contributed by atoms with van der Waals surface area (Å²) in [6.07, 6.45) is 5.15. The van der Waals surface area contributed by atoms with Crippen LogP contribution in [0.25, 0.3) is 10.2 Å². The van der Waals surface area contributed by atoms with E-state index in [-0.39, 0.29) is 11.5 Å². The van der Waals surface area contributed by atoms with Crippen LogP contribution in [0.3, 0.4) is 0 Å². The maximum Gasteiger partial charge on any atom is 0.259 e. The van der Waals surface area contributed by atoms with Crippen LogP contribution in [0.5, 0.6) is 0 Å². The maximum absolute atomic E-state index is 13.4. The van der Waals surface area contributed by atoms with Crippen LogP contribution in [0.2, 0.25) is 0 Å². The number of H-pyrrole nitrogens is 1. The molecule has 0 bridgehead atoms. The number of hydrogen-bond donors (Lipinski definition) is 1. The van der Waals surface area contributed by atoms with E-state index in [0.717, 1.165) is 65.9 Å². The van der Waals surface area contributed by atoms with E-state index in [2.05, 4.69) is 28.1 Å². The summed E-state index contributed by atoms with van der Waals surface area (Å²) in [5.74, 6) is 0.817. The minimum absolute atomic E-state index is 0.00163. The van der Waals surface area contributed by atoms with Crippen molar-refractivity contribution in [1.29, 1.82) is 0 Å². The van der Waals surface area contributed by atoms with Crippen LogP contribution < -0.4 is 5.56 Å². The van der Waals surface area contributed by atoms with Crippen LogP contribution >= 0.6 is 11.3 Å². The Hall–Kier alpha value is -3.29. The molecule has 6 nitrogen and oxygen atoms in total. The molecule has 36 heavy (non-hydrogen) atoms. The first-order valence-corrected chi connectivity index (χ1v) is 13.6. The molecular weight excluding hydrogens is 468 g/mol. The molecule has 2 aromatic heterocycles. The fourth-order valence-corrected chi connectivity index (χ4v) is 6.75. The number of aromatic nitrogens is 2. The molecule has 0 spiro atoms. The Balaban J connectivity index is 1.12. The number of aromatic amines is 1. The molecule has 1 aliphatic carbocycles. The van der Waals surface area contributed by atoms with Gasteiger partial charge in [-0.1, -0.05) is 48.5 Å². The number of nitrogens with one attached hydrogen (secondary N) is 1. The van der Waals surface area contributed by atoms with Crippen LogP contribution in [-0.4, -0.2) is 51.9 Å². The first-order chi connectivity index (χ1) is 17.7. The van der Waals surface area contributed by atoms with Crippen molar-refractivity contribution in [2.75, 3.05) is 26.2 Å². The highest BCUT2D eigenvalue weighted by Crippen LogP contribution is 2.33. The van der Waals surface area contributed by atoms with Gasteiger partial charge in [-0.2, -0.15) is 0 Å². The Bertz CT molecular complexity index is 1450. The molecule has 2 aromatic carbocycles. The van der Waals surface area contributed by atoms with Crippen molar-refractivity contribution >= 4 is 27.5 Å². The summed E-state index contributed by atoms with van der Waals surface area (Å²) in [6, 6.07) is 18.2. The largest absolute Gasteiger partial charge is 0.336 e. The van der Waals surface area contributed by atoms with Crippen molar-refractivity contribution in [3.05, 3.63) is 97.9 Å². The standard InChI is InChI=1S/C29H30N4O2S/c34-27-26-23-12-6-7-13-24(23)36-28(26)31-25(30-27)19-32-14-16-33(17-15-32)29(35)22-11-5-4-10-21(22)18-20-8-2-1-3-9-20/h1-5,8-11H,6-7,12-19H2,(H,30,31,34). The molecular formula is C29H30N4O2S. The normalized spacial score (nSPS) is 16.3. The number of rotatable bonds is 5. The van der Waals surface area contributed by atoms with Gasteiger partial charge in [-0.3, -0.25) is 14.5 Å². The molecule has 1 aliphatic heterocycles. The van der Waals surface area contributed by atoms with E-state index in [4.69, 9.17) is 4.98 Å². The van der Waals surface area contributed by atoms with Gasteiger partial charge in [0.2, 0.25) is 0 Å². The topological polar surface area (TPSA) is 69.3 Å². The summed E-state index contributed by atoms with van der Waals surface area (Å²) >= 11 is 1.69. The quantitative estimate of drug-likeness (QED) is 0.443. The third-order valence-corrected chi connectivity index (χ3v) is 8.58. The lowest BCUT2D eigenvalue weighted by Crippen LogP contribution is -2.48. The highest BCUT2D eigenvalue weighted by atomic mass is 32.1. The van der Waals surface area contributed by atoms with Gasteiger partial charge in [-0.25, -0.2) is 4.98 Å². The van der Waals surface area contributed by atoms with E-state index in [9.17, 15) is 9.59 Å². The number of piperazine rings is 1. The van der Waals surface area contributed by atoms with Crippen LogP contribution in [0.15, 0.2) is 59.4 Å². The maximum atomic E-state index is 13.4. The molecule has 0 unspecified atom stereocenters. The second-order valence-corrected chi connectivity index (χ2v) is 10.9. The van der Waals surface area contributed by atoms with Crippen molar-refractivity contribution in [2.45, 2.75) is 38.6 Å². The second kappa shape index (κ2) is 9.99. The molecule has 0 radical (unpaired) electrons. The SMILES string of the molecule is O=C(c1ccccc1Cc1ccccc1)N1CCN(Cc2nc3sc4c(c3c(=O)[nH]2)CCCC4)CC1. The van der Waals surface area contributed by atoms with Crippen LogP contribution in [-0.2, 0) is 25.8 Å². The molecule has 2 aliphatic rings. The summed E-state index contributed by atoms with van der Waals surface area (Å²) < 4.78 is 0. The van der Waals surface area contributed by atoms with Gasteiger partial charge in [-0.05, 0) is 54.9 Å². The van der Waals surface area contributed by atoms with E-state index < -0.39 is 0 Å². The summed E-state index contributed by atoms with van der Waals surface area (Å²) in [5, 5.41) is 0.808. The summed E-state index contributed by atoms with van der Waals surface area (Å²) in [5.41, 5.74) is 4.27. The van der Waals surface area contributed by atoms with E-state index in [0.29, 0.717) is 19.6 Å². The zero-order valence-electron chi connectivity index (χ0n) is 20.3. The zero-order chi connectivity index (χ0) is 24.5. The Morgan fingerprint density at radius 2 is 1.69 bits per heavy atom. The number of fused-ring (bicyclic) bond motifs is 3. The number of amides is 1. The van der Waals surface area contributed by atoms with Crippen LogP contribution in [0.4, 0.5) is 0 Å². The van der Waals surface area contributed by atoms with Gasteiger partial charge in [0.15, 0.2) is 0 Å². The molecule has 184 valence electrons. The van der Waals surface area contributed by atoms with Gasteiger partial charge >= 0.3 is 0 Å². The smallest absolute Gasteiger partial charge is 0.259 e. The van der Waals surface area contributed by atoms with Crippen LogP contribution in [0, 0.1) is 0 Å². The van der Waals surface area contributed by atoms with Crippen molar-refractivity contribution in [1.82, 2.24) is 19.8 Å². The fourth-order valence-electron chi connectivity index (χ4n) is 5.47. The third kappa shape index (κ3) is 4.61. The molecule has 1 amide bonds. The summed E-state index contributed by atoms with van der Waals surface area (Å²) in [7, 11) is 0. The van der Waals surface area contributed by atoms with Gasteiger partial charge in [0.25, 0.3) is 11.5 Å². The Morgan fingerprint density at radius 1 is 0.944 bits per heavy atom. The van der Waals surface area contributed by atoms with Gasteiger partial charge < -0.3 is 9.88 Å². The van der Waals surface area contributed by atoms with E-state index in [1.54, 1.807) is 11.3 Å². The molecule has 1 N–H and O–H groups in total. The first kappa shape index (κ1) is 23.1. The Labute approximate surface area is 214 Å². The predicted molar refractivity (Wildman–Crippen MR) is 144 cm³/mol. The number of nitrogens with zero attached hydrogens (tertiary/aromatic N) is 3. The second-order valence-electron chi connectivity index (χ2n) is 9.79. The van der Waals surface area contributed by atoms with Crippen molar-refractivity contribution < 1.29 is 4.79 Å². The van der Waals surface area contributed by atoms with Crippen LogP contribution in [0.1, 0.15) is 50.6 Å². The van der Waals surface area contributed by atoms with Crippen molar-refractivity contribution in [3.63, 3.8) is 0 Å². The molecule has 0 atom stereocenters. The molecule has 1 saturated heterocycles. The summed E-state index contributed by atoms with van der Waals surface area (Å²) in [4.78, 5) is 40.6. The van der Waals surface area contributed by atoms with Gasteiger partial charge in [-0.15, -0.1) is 11.3 Å². The molecule has 4 aromatic rings. The predicted octanol–water partition coefficient (Wildman–Crippen LogP) is 4.41. The highest BCUT2D eigenvalue weighted by Gasteiger charge is 2.25. The van der Waals surface area contributed by atoms with E-state index in [1.807, 2.05) is 41.3 Å². The number of hydrogen-bond acceptors (Lipinski definition) is 5. The molecule has 7 heteroatoms. The minimum atomic E-state index is -0.00163. The lowest BCUT2D eigenvalue weighted by Gasteiger charge is -2.34. The average molecular weight is 499 g/mol. The zero-order valence-corrected chi connectivity index (χ0v) is 21.2. The molecule has 0 saturated carbocycles. The monoisotopic (exact) mass is 498 g/mol. The molecule has 3 heterocycles. The first-order valence-electron chi connectivity index (χ1n) is 12.8. The third-order valence-electron chi connectivity index (χ3n) is 7.39.